The minimum Gasteiger partial charge on any atom is -0.465 e. The van der Waals surface area contributed by atoms with Crippen LogP contribution in [0.1, 0.15) is 36.0 Å². The molecular formula is C14H17NO4S. The molecule has 0 unspecified atom stereocenters. The summed E-state index contributed by atoms with van der Waals surface area (Å²) in [5, 5.41) is 4.28. The zero-order valence-electron chi connectivity index (χ0n) is 11.9. The molecule has 1 aromatic heterocycles. The van der Waals surface area contributed by atoms with Gasteiger partial charge in [0, 0.05) is 5.56 Å². The Morgan fingerprint density at radius 3 is 2.70 bits per heavy atom. The molecule has 0 saturated heterocycles. The lowest BCUT2D eigenvalue weighted by molar-refractivity contribution is 0.0533. The maximum Gasteiger partial charge on any atom is 0.408 e. The highest BCUT2D eigenvalue weighted by atomic mass is 32.1. The van der Waals surface area contributed by atoms with Gasteiger partial charge in [0.05, 0.1) is 13.7 Å². The Hall–Kier alpha value is -2.00. The number of ether oxygens (including phenoxy) is 2. The topological polar surface area (TPSA) is 64.6 Å². The SMILES string of the molecule is COC(=O)c1sccc1C#CCNC(=O)OC(C)(C)C. The standard InChI is InChI=1S/C14H17NO4S/c1-14(2,3)19-13(17)15-8-5-6-10-7-9-20-11(10)12(16)18-4/h7,9H,8H2,1-4H3,(H,15,17). The van der Waals surface area contributed by atoms with Crippen molar-refractivity contribution in [3.05, 3.63) is 21.9 Å². The molecule has 0 aliphatic rings. The van der Waals surface area contributed by atoms with Gasteiger partial charge in [-0.3, -0.25) is 0 Å². The Bertz CT molecular complexity index is 546. The van der Waals surface area contributed by atoms with Crippen molar-refractivity contribution in [2.45, 2.75) is 26.4 Å². The van der Waals surface area contributed by atoms with Gasteiger partial charge in [0.15, 0.2) is 0 Å². The summed E-state index contributed by atoms with van der Waals surface area (Å²) in [4.78, 5) is 23.2. The first-order valence-electron chi connectivity index (χ1n) is 5.95. The lowest BCUT2D eigenvalue weighted by Gasteiger charge is -2.18. The van der Waals surface area contributed by atoms with Crippen LogP contribution in [0.5, 0.6) is 0 Å². The molecule has 1 aromatic rings. The molecule has 0 bridgehead atoms. The van der Waals surface area contributed by atoms with E-state index in [-0.39, 0.29) is 6.54 Å². The van der Waals surface area contributed by atoms with Gasteiger partial charge < -0.3 is 14.8 Å². The highest BCUT2D eigenvalue weighted by Gasteiger charge is 2.15. The van der Waals surface area contributed by atoms with E-state index in [1.54, 1.807) is 32.2 Å². The third-order valence-corrected chi connectivity index (χ3v) is 2.87. The van der Waals surface area contributed by atoms with E-state index in [0.29, 0.717) is 10.4 Å². The smallest absolute Gasteiger partial charge is 0.408 e. The van der Waals surface area contributed by atoms with Crippen LogP contribution in [0.25, 0.3) is 0 Å². The third-order valence-electron chi connectivity index (χ3n) is 1.98. The first kappa shape index (κ1) is 16.1. The number of rotatable bonds is 2. The lowest BCUT2D eigenvalue weighted by Crippen LogP contribution is -2.32. The van der Waals surface area contributed by atoms with E-state index < -0.39 is 17.7 Å². The van der Waals surface area contributed by atoms with Crippen molar-refractivity contribution >= 4 is 23.4 Å². The normalized spacial score (nSPS) is 10.2. The number of hydrogen-bond donors (Lipinski definition) is 1. The number of alkyl carbamates (subject to hydrolysis) is 1. The predicted molar refractivity (Wildman–Crippen MR) is 76.8 cm³/mol. The van der Waals surface area contributed by atoms with Crippen molar-refractivity contribution in [2.24, 2.45) is 0 Å². The fourth-order valence-corrected chi connectivity index (χ4v) is 1.99. The summed E-state index contributed by atoms with van der Waals surface area (Å²) >= 11 is 1.27. The van der Waals surface area contributed by atoms with Crippen molar-refractivity contribution in [3.63, 3.8) is 0 Å². The molecule has 0 aliphatic carbocycles. The summed E-state index contributed by atoms with van der Waals surface area (Å²) in [6, 6.07) is 1.73. The van der Waals surface area contributed by atoms with Gasteiger partial charge in [0.2, 0.25) is 0 Å². The Morgan fingerprint density at radius 2 is 2.10 bits per heavy atom. The number of methoxy groups -OCH3 is 1. The molecule has 1 heterocycles. The second-order valence-corrected chi connectivity index (χ2v) is 5.73. The van der Waals surface area contributed by atoms with E-state index in [9.17, 15) is 9.59 Å². The molecule has 1 N–H and O–H groups in total. The van der Waals surface area contributed by atoms with Crippen LogP contribution in [0.15, 0.2) is 11.4 Å². The van der Waals surface area contributed by atoms with Gasteiger partial charge in [-0.2, -0.15) is 0 Å². The molecule has 20 heavy (non-hydrogen) atoms. The summed E-state index contributed by atoms with van der Waals surface area (Å²) in [5.41, 5.74) is 0.0518. The van der Waals surface area contributed by atoms with E-state index in [1.807, 2.05) is 0 Å². The quantitative estimate of drug-likeness (QED) is 0.672. The van der Waals surface area contributed by atoms with Crippen molar-refractivity contribution < 1.29 is 19.1 Å². The molecule has 0 fully saturated rings. The molecule has 0 spiro atoms. The van der Waals surface area contributed by atoms with E-state index in [2.05, 4.69) is 21.9 Å². The van der Waals surface area contributed by atoms with Crippen molar-refractivity contribution in [1.82, 2.24) is 5.32 Å². The molecular weight excluding hydrogens is 278 g/mol. The number of amides is 1. The maximum atomic E-state index is 11.4. The van der Waals surface area contributed by atoms with Crippen LogP contribution in [-0.4, -0.2) is 31.3 Å². The number of thiophene rings is 1. The summed E-state index contributed by atoms with van der Waals surface area (Å²) in [7, 11) is 1.32. The largest absolute Gasteiger partial charge is 0.465 e. The van der Waals surface area contributed by atoms with E-state index in [4.69, 9.17) is 4.74 Å². The van der Waals surface area contributed by atoms with Crippen LogP contribution in [0, 0.1) is 11.8 Å². The number of carbonyl (C=O) groups is 2. The molecule has 1 rings (SSSR count). The fourth-order valence-electron chi connectivity index (χ4n) is 1.23. The van der Waals surface area contributed by atoms with E-state index >= 15 is 0 Å². The maximum absolute atomic E-state index is 11.4. The van der Waals surface area contributed by atoms with Gasteiger partial charge in [-0.05, 0) is 32.2 Å². The Balaban J connectivity index is 2.54. The first-order valence-corrected chi connectivity index (χ1v) is 6.83. The van der Waals surface area contributed by atoms with Gasteiger partial charge in [0.25, 0.3) is 0 Å². The number of nitrogens with one attached hydrogen (secondary N) is 1. The van der Waals surface area contributed by atoms with Gasteiger partial charge in [-0.1, -0.05) is 11.8 Å². The fraction of sp³-hybridized carbons (Fsp3) is 0.429. The molecule has 0 atom stereocenters. The molecule has 5 nitrogen and oxygen atoms in total. The molecule has 0 saturated carbocycles. The Kier molecular flexibility index (Phi) is 5.59. The minimum absolute atomic E-state index is 0.144. The predicted octanol–water partition coefficient (Wildman–Crippen LogP) is 2.41. The summed E-state index contributed by atoms with van der Waals surface area (Å²) in [6.07, 6.45) is -0.523. The minimum atomic E-state index is -0.539. The van der Waals surface area contributed by atoms with E-state index in [1.165, 1.54) is 18.4 Å². The van der Waals surface area contributed by atoms with Crippen molar-refractivity contribution in [2.75, 3.05) is 13.7 Å². The summed E-state index contributed by atoms with van der Waals surface area (Å²) < 4.78 is 9.71. The van der Waals surface area contributed by atoms with Crippen LogP contribution in [-0.2, 0) is 9.47 Å². The Labute approximate surface area is 122 Å². The molecule has 108 valence electrons. The number of esters is 1. The average molecular weight is 295 g/mol. The molecule has 0 aromatic carbocycles. The third kappa shape index (κ3) is 5.33. The zero-order chi connectivity index (χ0) is 15.2. The van der Waals surface area contributed by atoms with Crippen LogP contribution < -0.4 is 5.32 Å². The number of hydrogen-bond acceptors (Lipinski definition) is 5. The van der Waals surface area contributed by atoms with Crippen molar-refractivity contribution in [3.8, 4) is 11.8 Å². The van der Waals surface area contributed by atoms with Gasteiger partial charge in [0.1, 0.15) is 10.5 Å². The highest BCUT2D eigenvalue weighted by molar-refractivity contribution is 7.12. The second kappa shape index (κ2) is 6.96. The van der Waals surface area contributed by atoms with Crippen LogP contribution in [0.2, 0.25) is 0 Å². The molecule has 0 aliphatic heterocycles. The van der Waals surface area contributed by atoms with Crippen molar-refractivity contribution in [1.29, 1.82) is 0 Å². The van der Waals surface area contributed by atoms with Crippen LogP contribution >= 0.6 is 11.3 Å². The second-order valence-electron chi connectivity index (χ2n) is 4.81. The number of carbonyl (C=O) groups excluding carboxylic acids is 2. The summed E-state index contributed by atoms with van der Waals surface area (Å²) in [5.74, 6) is 5.16. The highest BCUT2D eigenvalue weighted by Crippen LogP contribution is 2.16. The van der Waals surface area contributed by atoms with Crippen LogP contribution in [0.3, 0.4) is 0 Å². The monoisotopic (exact) mass is 295 g/mol. The van der Waals surface area contributed by atoms with Gasteiger partial charge >= 0.3 is 12.1 Å². The van der Waals surface area contributed by atoms with Crippen LogP contribution in [0.4, 0.5) is 4.79 Å². The Morgan fingerprint density at radius 1 is 1.40 bits per heavy atom. The molecule has 1 amide bonds. The van der Waals surface area contributed by atoms with E-state index in [0.717, 1.165) is 0 Å². The van der Waals surface area contributed by atoms with Gasteiger partial charge in [-0.15, -0.1) is 11.3 Å². The van der Waals surface area contributed by atoms with Gasteiger partial charge in [-0.25, -0.2) is 9.59 Å². The first-order chi connectivity index (χ1) is 9.33. The average Bonchev–Trinajstić information content (AvgIpc) is 2.79. The molecule has 0 radical (unpaired) electrons. The summed E-state index contributed by atoms with van der Waals surface area (Å²) in [6.45, 7) is 5.50. The lowest BCUT2D eigenvalue weighted by atomic mass is 10.2. The zero-order valence-corrected chi connectivity index (χ0v) is 12.7. The molecule has 6 heteroatoms.